The fourth-order valence-electron chi connectivity index (χ4n) is 1.60. The molecular formula is C13H20Cl2N2O2S. The molecule has 0 heterocycles. The van der Waals surface area contributed by atoms with E-state index in [1.165, 1.54) is 6.07 Å². The maximum absolute atomic E-state index is 11.9. The van der Waals surface area contributed by atoms with Gasteiger partial charge in [-0.15, -0.1) is 0 Å². The zero-order valence-electron chi connectivity index (χ0n) is 11.6. The van der Waals surface area contributed by atoms with Gasteiger partial charge in [-0.3, -0.25) is 4.72 Å². The molecule has 0 aliphatic heterocycles. The van der Waals surface area contributed by atoms with Gasteiger partial charge in [0.05, 0.1) is 16.5 Å². The van der Waals surface area contributed by atoms with Crippen molar-refractivity contribution in [2.24, 2.45) is 0 Å². The molecule has 0 aliphatic carbocycles. The molecule has 20 heavy (non-hydrogen) atoms. The molecule has 0 saturated carbocycles. The molecule has 0 unspecified atom stereocenters. The number of hydrogen-bond donors (Lipinski definition) is 2. The monoisotopic (exact) mass is 338 g/mol. The Morgan fingerprint density at radius 1 is 1.20 bits per heavy atom. The summed E-state index contributed by atoms with van der Waals surface area (Å²) < 4.78 is 26.3. The minimum Gasteiger partial charge on any atom is -0.315 e. The summed E-state index contributed by atoms with van der Waals surface area (Å²) in [6, 6.07) is 5.08. The lowest BCUT2D eigenvalue weighted by molar-refractivity contribution is 0.561. The van der Waals surface area contributed by atoms with Crippen LogP contribution in [0.25, 0.3) is 0 Å². The molecular weight excluding hydrogens is 319 g/mol. The van der Waals surface area contributed by atoms with E-state index < -0.39 is 10.0 Å². The van der Waals surface area contributed by atoms with Crippen molar-refractivity contribution in [2.75, 3.05) is 17.0 Å². The summed E-state index contributed by atoms with van der Waals surface area (Å²) in [5, 5.41) is 4.01. The van der Waals surface area contributed by atoms with Crippen molar-refractivity contribution < 1.29 is 8.42 Å². The van der Waals surface area contributed by atoms with E-state index in [1.807, 2.05) is 0 Å². The topological polar surface area (TPSA) is 58.2 Å². The predicted octanol–water partition coefficient (Wildman–Crippen LogP) is 3.51. The van der Waals surface area contributed by atoms with Gasteiger partial charge in [-0.05, 0) is 37.6 Å². The van der Waals surface area contributed by atoms with Crippen molar-refractivity contribution in [3.63, 3.8) is 0 Å². The Bertz CT molecular complexity index is 533. The van der Waals surface area contributed by atoms with Gasteiger partial charge in [0.25, 0.3) is 0 Å². The molecule has 7 heteroatoms. The van der Waals surface area contributed by atoms with E-state index in [2.05, 4.69) is 23.9 Å². The first kappa shape index (κ1) is 17.6. The van der Waals surface area contributed by atoms with Crippen LogP contribution in [0.4, 0.5) is 5.69 Å². The van der Waals surface area contributed by atoms with Crippen LogP contribution in [0.3, 0.4) is 0 Å². The van der Waals surface area contributed by atoms with Crippen LogP contribution in [0.2, 0.25) is 10.0 Å². The quantitative estimate of drug-likeness (QED) is 0.713. The fourth-order valence-corrected chi connectivity index (χ4v) is 3.31. The van der Waals surface area contributed by atoms with Crippen molar-refractivity contribution in [1.82, 2.24) is 5.32 Å². The first-order chi connectivity index (χ1) is 9.30. The fraction of sp³-hybridized carbons (Fsp3) is 0.538. The molecule has 1 aromatic rings. The average Bonchev–Trinajstić information content (AvgIpc) is 2.32. The molecule has 0 saturated heterocycles. The number of hydrogen-bond acceptors (Lipinski definition) is 3. The minimum atomic E-state index is -3.38. The van der Waals surface area contributed by atoms with E-state index in [4.69, 9.17) is 23.2 Å². The Kier molecular flexibility index (Phi) is 7.09. The van der Waals surface area contributed by atoms with Gasteiger partial charge in [-0.2, -0.15) is 0 Å². The van der Waals surface area contributed by atoms with Crippen molar-refractivity contribution in [3.05, 3.63) is 28.2 Å². The molecule has 4 nitrogen and oxygen atoms in total. The highest BCUT2D eigenvalue weighted by Gasteiger charge is 2.12. The molecule has 0 aliphatic rings. The SMILES string of the molecule is CC(C)NCCCCS(=O)(=O)Nc1ccc(Cl)cc1Cl. The standard InChI is InChI=1S/C13H20Cl2N2O2S/c1-10(2)16-7-3-4-8-20(18,19)17-13-6-5-11(14)9-12(13)15/h5-6,9-10,16-17H,3-4,7-8H2,1-2H3. The molecule has 1 aromatic carbocycles. The Morgan fingerprint density at radius 3 is 2.50 bits per heavy atom. The molecule has 0 bridgehead atoms. The zero-order valence-corrected chi connectivity index (χ0v) is 13.9. The van der Waals surface area contributed by atoms with Gasteiger partial charge >= 0.3 is 0 Å². The van der Waals surface area contributed by atoms with Gasteiger partial charge in [0.2, 0.25) is 10.0 Å². The highest BCUT2D eigenvalue weighted by molar-refractivity contribution is 7.92. The molecule has 0 radical (unpaired) electrons. The van der Waals surface area contributed by atoms with Gasteiger partial charge in [0.15, 0.2) is 0 Å². The molecule has 0 spiro atoms. The largest absolute Gasteiger partial charge is 0.315 e. The van der Waals surface area contributed by atoms with Gasteiger partial charge in [-0.25, -0.2) is 8.42 Å². The number of anilines is 1. The summed E-state index contributed by atoms with van der Waals surface area (Å²) >= 11 is 11.7. The summed E-state index contributed by atoms with van der Waals surface area (Å²) in [4.78, 5) is 0. The highest BCUT2D eigenvalue weighted by atomic mass is 35.5. The third-order valence-corrected chi connectivity index (χ3v) is 4.49. The maximum atomic E-state index is 11.9. The van der Waals surface area contributed by atoms with E-state index in [9.17, 15) is 8.42 Å². The van der Waals surface area contributed by atoms with Crippen LogP contribution < -0.4 is 10.0 Å². The van der Waals surface area contributed by atoms with E-state index in [0.717, 1.165) is 13.0 Å². The Labute approximate surface area is 130 Å². The normalized spacial score (nSPS) is 11.8. The lowest BCUT2D eigenvalue weighted by Crippen LogP contribution is -2.24. The Balaban J connectivity index is 2.45. The van der Waals surface area contributed by atoms with E-state index >= 15 is 0 Å². The van der Waals surface area contributed by atoms with Crippen LogP contribution >= 0.6 is 23.2 Å². The van der Waals surface area contributed by atoms with Gasteiger partial charge in [-0.1, -0.05) is 37.0 Å². The Hall–Kier alpha value is -0.490. The van der Waals surface area contributed by atoms with Crippen molar-refractivity contribution in [1.29, 1.82) is 0 Å². The van der Waals surface area contributed by atoms with Crippen molar-refractivity contribution in [3.8, 4) is 0 Å². The second-order valence-corrected chi connectivity index (χ2v) is 7.55. The van der Waals surface area contributed by atoms with Gasteiger partial charge in [0, 0.05) is 11.1 Å². The summed E-state index contributed by atoms with van der Waals surface area (Å²) in [5.41, 5.74) is 0.358. The van der Waals surface area contributed by atoms with Crippen molar-refractivity contribution in [2.45, 2.75) is 32.7 Å². The summed E-state index contributed by atoms with van der Waals surface area (Å²) in [6.07, 6.45) is 1.41. The average molecular weight is 339 g/mol. The second-order valence-electron chi connectivity index (χ2n) is 4.86. The second kappa shape index (κ2) is 8.08. The van der Waals surface area contributed by atoms with Gasteiger partial charge < -0.3 is 5.32 Å². The third-order valence-electron chi connectivity index (χ3n) is 2.59. The highest BCUT2D eigenvalue weighted by Crippen LogP contribution is 2.26. The molecule has 0 atom stereocenters. The van der Waals surface area contributed by atoms with Crippen LogP contribution in [-0.2, 0) is 10.0 Å². The molecule has 2 N–H and O–H groups in total. The van der Waals surface area contributed by atoms with Gasteiger partial charge in [0.1, 0.15) is 0 Å². The number of halogens is 2. The first-order valence-corrected chi connectivity index (χ1v) is 8.90. The number of sulfonamides is 1. The molecule has 1 rings (SSSR count). The first-order valence-electron chi connectivity index (χ1n) is 6.49. The van der Waals surface area contributed by atoms with Crippen LogP contribution in [-0.4, -0.2) is 26.8 Å². The number of unbranched alkanes of at least 4 members (excludes halogenated alkanes) is 1. The van der Waals surface area contributed by atoms with E-state index in [1.54, 1.807) is 12.1 Å². The number of nitrogens with one attached hydrogen (secondary N) is 2. The number of benzene rings is 1. The minimum absolute atomic E-state index is 0.0751. The zero-order chi connectivity index (χ0) is 15.2. The number of rotatable bonds is 8. The molecule has 0 amide bonds. The lowest BCUT2D eigenvalue weighted by atomic mass is 10.3. The van der Waals surface area contributed by atoms with Crippen LogP contribution in [0.1, 0.15) is 26.7 Å². The van der Waals surface area contributed by atoms with E-state index in [0.29, 0.717) is 28.2 Å². The van der Waals surface area contributed by atoms with Crippen molar-refractivity contribution >= 4 is 38.9 Å². The maximum Gasteiger partial charge on any atom is 0.232 e. The Morgan fingerprint density at radius 2 is 1.90 bits per heavy atom. The van der Waals surface area contributed by atoms with E-state index in [-0.39, 0.29) is 5.75 Å². The summed E-state index contributed by atoms with van der Waals surface area (Å²) in [7, 11) is -3.38. The smallest absolute Gasteiger partial charge is 0.232 e. The lowest BCUT2D eigenvalue weighted by Gasteiger charge is -2.10. The van der Waals surface area contributed by atoms with Crippen LogP contribution in [0, 0.1) is 0 Å². The summed E-state index contributed by atoms with van der Waals surface area (Å²) in [5.74, 6) is 0.0751. The third kappa shape index (κ3) is 6.79. The molecule has 114 valence electrons. The summed E-state index contributed by atoms with van der Waals surface area (Å²) in [6.45, 7) is 4.93. The van der Waals surface area contributed by atoms with Crippen LogP contribution in [0.5, 0.6) is 0 Å². The molecule has 0 fully saturated rings. The molecule has 0 aromatic heterocycles. The van der Waals surface area contributed by atoms with Crippen LogP contribution in [0.15, 0.2) is 18.2 Å². The predicted molar refractivity (Wildman–Crippen MR) is 86.2 cm³/mol.